The molecule has 1 fully saturated rings. The summed E-state index contributed by atoms with van der Waals surface area (Å²) in [4.78, 5) is 96.6. The number of phenolic OH excluding ortho intramolecular Hbond substituents is 1. The Bertz CT molecular complexity index is 1560. The lowest BCUT2D eigenvalue weighted by Gasteiger charge is -2.25. The average Bonchev–Trinajstić information content (AvgIpc) is 3.19. The van der Waals surface area contributed by atoms with Gasteiger partial charge in [-0.15, -0.1) is 0 Å². The first-order valence-electron chi connectivity index (χ1n) is 20.7. The van der Waals surface area contributed by atoms with Crippen LogP contribution in [0.15, 0.2) is 29.3 Å². The van der Waals surface area contributed by atoms with E-state index in [-0.39, 0.29) is 117 Å². The van der Waals surface area contributed by atoms with Crippen LogP contribution in [0.2, 0.25) is 0 Å². The van der Waals surface area contributed by atoms with Gasteiger partial charge in [-0.3, -0.25) is 38.6 Å². The van der Waals surface area contributed by atoms with Gasteiger partial charge < -0.3 is 49.3 Å². The van der Waals surface area contributed by atoms with Crippen LogP contribution in [-0.2, 0) is 40.0 Å². The number of rotatable bonds is 19. The normalized spacial score (nSPS) is 20.7. The second-order valence-electron chi connectivity index (χ2n) is 15.2. The fourth-order valence-electron chi connectivity index (χ4n) is 6.80. The molecule has 0 radical (unpaired) electrons. The van der Waals surface area contributed by atoms with E-state index in [1.165, 1.54) is 23.9 Å². The van der Waals surface area contributed by atoms with E-state index in [2.05, 4.69) is 26.3 Å². The Kier molecular flexibility index (Phi) is 24.0. The number of ketones is 3. The predicted molar refractivity (Wildman–Crippen MR) is 229 cm³/mol. The highest BCUT2D eigenvalue weighted by Gasteiger charge is 2.30. The van der Waals surface area contributed by atoms with Crippen LogP contribution < -0.4 is 44.2 Å². The number of hydrogen-bond donors (Lipinski definition) is 9. The average molecular weight is 846 g/mol. The molecule has 330 valence electrons. The lowest BCUT2D eigenvalue weighted by Crippen LogP contribution is -2.48. The van der Waals surface area contributed by atoms with Gasteiger partial charge in [0.25, 0.3) is 0 Å². The smallest absolute Gasteiger partial charge is 0.240 e. The topological polar surface area (TPSA) is 304 Å². The number of nitrogens with zero attached hydrogens (tertiary/aromatic N) is 1. The van der Waals surface area contributed by atoms with Crippen LogP contribution in [0, 0.1) is 17.8 Å². The van der Waals surface area contributed by atoms with Gasteiger partial charge in [-0.05, 0) is 80.9 Å². The summed E-state index contributed by atoms with van der Waals surface area (Å²) >= 11 is 1.31. The SMILES string of the molecule is CC[C@H](C)[C@@H]1NC(=O)CCNC(=O)CSCC[C@@H](C(=O)CC[C@@H](CCCN=C(N)N)C(=O)N[C@@H](Cc2ccc(O)cc2)C(N)=O)NCC(=O)[C@H](CCCCN)CCC1=O. The molecule has 18 heteroatoms. The minimum absolute atomic E-state index is 0.00617. The summed E-state index contributed by atoms with van der Waals surface area (Å²) in [6, 6.07) is 3.61. The minimum atomic E-state index is -1.05. The molecule has 1 aliphatic heterocycles. The Morgan fingerprint density at radius 2 is 1.69 bits per heavy atom. The second kappa shape index (κ2) is 28.0. The number of carbonyl (C=O) groups is 7. The highest BCUT2D eigenvalue weighted by Crippen LogP contribution is 2.21. The van der Waals surface area contributed by atoms with E-state index in [9.17, 15) is 38.7 Å². The maximum atomic E-state index is 13.9. The van der Waals surface area contributed by atoms with Gasteiger partial charge in [0.15, 0.2) is 11.7 Å². The molecule has 17 nitrogen and oxygen atoms in total. The molecule has 0 spiro atoms. The lowest BCUT2D eigenvalue weighted by atomic mass is 9.87. The summed E-state index contributed by atoms with van der Waals surface area (Å²) < 4.78 is 0. The van der Waals surface area contributed by atoms with Crippen LogP contribution >= 0.6 is 11.8 Å². The van der Waals surface area contributed by atoms with E-state index in [4.69, 9.17) is 22.9 Å². The van der Waals surface area contributed by atoms with E-state index in [1.54, 1.807) is 12.1 Å². The monoisotopic (exact) mass is 845 g/mol. The molecule has 1 aromatic rings. The molecule has 1 aromatic carbocycles. The molecule has 1 aliphatic rings. The number of benzene rings is 1. The molecule has 0 aromatic heterocycles. The van der Waals surface area contributed by atoms with Crippen LogP contribution in [0.25, 0.3) is 0 Å². The Balaban J connectivity index is 2.28. The Labute approximate surface area is 352 Å². The van der Waals surface area contributed by atoms with Crippen molar-refractivity contribution in [3.05, 3.63) is 29.8 Å². The van der Waals surface area contributed by atoms with Crippen molar-refractivity contribution in [2.45, 2.75) is 115 Å². The zero-order valence-electron chi connectivity index (χ0n) is 34.7. The number of aromatic hydroxyl groups is 1. The van der Waals surface area contributed by atoms with Crippen molar-refractivity contribution in [3.63, 3.8) is 0 Å². The summed E-state index contributed by atoms with van der Waals surface area (Å²) in [5.74, 6) is -3.29. The standard InChI is InChI=1S/C41H67N9O8S/c1-3-26(2)38-34(53)16-11-28(7-4-5-19-42)35(54)24-48-31(18-22-59-25-37(56)46-21-17-36(55)50-38)33(52)15-12-29(8-6-20-47-41(44)45)40(58)49-32(39(43)57)23-27-9-13-30(51)14-10-27/h9-10,13-14,26,28-29,31-32,38,48,51H,3-8,11-12,15-25,42H2,1-2H3,(H2,43,57)(H,46,56)(H,49,58)(H,50,55)(H4,44,45,47)/t26-,28+,29+,31-,32-,38-/m0/s1. The molecular formula is C41H67N9O8S. The Hall–Kier alpha value is -4.55. The number of amides is 4. The first-order valence-corrected chi connectivity index (χ1v) is 21.9. The number of aliphatic imine (C=N–C) groups is 1. The van der Waals surface area contributed by atoms with Gasteiger partial charge in [0, 0.05) is 50.6 Å². The Morgan fingerprint density at radius 3 is 2.36 bits per heavy atom. The van der Waals surface area contributed by atoms with Gasteiger partial charge in [0.2, 0.25) is 23.6 Å². The maximum Gasteiger partial charge on any atom is 0.240 e. The van der Waals surface area contributed by atoms with E-state index >= 15 is 0 Å². The molecule has 4 amide bonds. The number of nitrogens with one attached hydrogen (secondary N) is 4. The van der Waals surface area contributed by atoms with Crippen molar-refractivity contribution in [2.24, 2.45) is 45.7 Å². The molecule has 1 saturated heterocycles. The summed E-state index contributed by atoms with van der Waals surface area (Å²) in [6.45, 7) is 4.50. The molecule has 1 heterocycles. The van der Waals surface area contributed by atoms with Crippen LogP contribution in [0.4, 0.5) is 0 Å². The summed E-state index contributed by atoms with van der Waals surface area (Å²) in [7, 11) is 0. The van der Waals surface area contributed by atoms with Crippen molar-refractivity contribution >= 4 is 58.7 Å². The van der Waals surface area contributed by atoms with Gasteiger partial charge in [-0.1, -0.05) is 38.8 Å². The molecule has 2 rings (SSSR count). The summed E-state index contributed by atoms with van der Waals surface area (Å²) in [5.41, 5.74) is 23.0. The number of nitrogens with two attached hydrogens (primary N) is 4. The molecule has 0 saturated carbocycles. The van der Waals surface area contributed by atoms with Gasteiger partial charge in [0.05, 0.1) is 24.4 Å². The summed E-state index contributed by atoms with van der Waals surface area (Å²) in [6.07, 6.45) is 4.10. The lowest BCUT2D eigenvalue weighted by molar-refractivity contribution is -0.130. The van der Waals surface area contributed by atoms with E-state index in [0.717, 1.165) is 0 Å². The van der Waals surface area contributed by atoms with E-state index < -0.39 is 41.8 Å². The number of guanidine groups is 1. The van der Waals surface area contributed by atoms with Gasteiger partial charge >= 0.3 is 0 Å². The van der Waals surface area contributed by atoms with Crippen molar-refractivity contribution in [1.29, 1.82) is 0 Å². The van der Waals surface area contributed by atoms with Crippen molar-refractivity contribution in [2.75, 3.05) is 37.7 Å². The molecule has 59 heavy (non-hydrogen) atoms. The van der Waals surface area contributed by atoms with Crippen molar-refractivity contribution < 1.29 is 38.7 Å². The number of phenols is 1. The molecule has 13 N–H and O–H groups in total. The van der Waals surface area contributed by atoms with Crippen LogP contribution in [0.1, 0.15) is 96.5 Å². The first-order chi connectivity index (χ1) is 28.1. The van der Waals surface area contributed by atoms with E-state index in [1.807, 2.05) is 13.8 Å². The third kappa shape index (κ3) is 20.3. The number of Topliss-reactive ketones (excluding diaryl/α,β-unsaturated/α-hetero) is 3. The molecule has 0 aliphatic carbocycles. The zero-order valence-corrected chi connectivity index (χ0v) is 35.5. The quantitative estimate of drug-likeness (QED) is 0.0528. The van der Waals surface area contributed by atoms with Crippen molar-refractivity contribution in [3.8, 4) is 5.75 Å². The van der Waals surface area contributed by atoms with Crippen LogP contribution in [-0.4, -0.2) is 108 Å². The molecule has 0 unspecified atom stereocenters. The maximum absolute atomic E-state index is 13.9. The number of primary amides is 1. The molecular weight excluding hydrogens is 779 g/mol. The first kappa shape index (κ1) is 50.6. The Morgan fingerprint density at radius 1 is 0.966 bits per heavy atom. The van der Waals surface area contributed by atoms with Crippen molar-refractivity contribution in [1.82, 2.24) is 21.3 Å². The van der Waals surface area contributed by atoms with Gasteiger partial charge in [-0.2, -0.15) is 11.8 Å². The van der Waals surface area contributed by atoms with Crippen LogP contribution in [0.3, 0.4) is 0 Å². The second-order valence-corrected chi connectivity index (χ2v) is 16.3. The summed E-state index contributed by atoms with van der Waals surface area (Å²) in [5, 5.41) is 21.1. The highest BCUT2D eigenvalue weighted by molar-refractivity contribution is 7.99. The predicted octanol–water partition coefficient (Wildman–Crippen LogP) is 0.720. The largest absolute Gasteiger partial charge is 0.508 e. The highest BCUT2D eigenvalue weighted by atomic mass is 32.2. The number of carbonyl (C=O) groups excluding carboxylic acids is 7. The van der Waals surface area contributed by atoms with E-state index in [0.29, 0.717) is 56.4 Å². The fourth-order valence-corrected chi connectivity index (χ4v) is 7.63. The van der Waals surface area contributed by atoms with Gasteiger partial charge in [-0.25, -0.2) is 0 Å². The minimum Gasteiger partial charge on any atom is -0.508 e. The number of hydrogen-bond acceptors (Lipinski definition) is 12. The fraction of sp³-hybridized carbons (Fsp3) is 0.659. The zero-order chi connectivity index (χ0) is 43.7. The van der Waals surface area contributed by atoms with Gasteiger partial charge in [0.1, 0.15) is 23.4 Å². The molecule has 6 atom stereocenters. The third-order valence-electron chi connectivity index (χ3n) is 10.6. The number of unbranched alkanes of at least 4 members (excludes halogenated alkanes) is 1. The third-order valence-corrected chi connectivity index (χ3v) is 11.6. The number of thioether (sulfide) groups is 1. The molecule has 0 bridgehead atoms. The van der Waals surface area contributed by atoms with Crippen LogP contribution in [0.5, 0.6) is 5.75 Å².